The number of halogens is 1. The minimum atomic E-state index is 0.0933. The molecule has 1 aliphatic heterocycles. The zero-order valence-corrected chi connectivity index (χ0v) is 13.1. The fourth-order valence-corrected chi connectivity index (χ4v) is 2.91. The van der Waals surface area contributed by atoms with Crippen LogP contribution in [0.25, 0.3) is 0 Å². The number of likely N-dealkylation sites (tertiary alicyclic amines) is 1. The largest absolute Gasteiger partial charge is 0.338 e. The predicted molar refractivity (Wildman–Crippen MR) is 80.4 cm³/mol. The topological polar surface area (TPSA) is 66.0 Å². The molecule has 0 saturated carbocycles. The van der Waals surface area contributed by atoms with E-state index in [1.807, 2.05) is 24.3 Å². The molecular formula is C15H15BrN4O. The van der Waals surface area contributed by atoms with E-state index in [0.717, 1.165) is 29.4 Å². The molecule has 6 heteroatoms. The minimum Gasteiger partial charge on any atom is -0.338 e. The Bertz CT molecular complexity index is 646. The van der Waals surface area contributed by atoms with Gasteiger partial charge in [-0.05, 0) is 30.5 Å². The van der Waals surface area contributed by atoms with Gasteiger partial charge in [-0.1, -0.05) is 33.2 Å². The number of aromatic nitrogens is 2. The second-order valence-electron chi connectivity index (χ2n) is 5.14. The van der Waals surface area contributed by atoms with E-state index >= 15 is 0 Å². The third kappa shape index (κ3) is 3.31. The first-order chi connectivity index (χ1) is 10.3. The molecule has 1 fully saturated rings. The summed E-state index contributed by atoms with van der Waals surface area (Å²) in [5.41, 5.74) is 1.14. The van der Waals surface area contributed by atoms with Gasteiger partial charge in [0.15, 0.2) is 5.82 Å². The van der Waals surface area contributed by atoms with Gasteiger partial charge in [0.2, 0.25) is 5.89 Å². The minimum absolute atomic E-state index is 0.0933. The summed E-state index contributed by atoms with van der Waals surface area (Å²) >= 11 is 3.42. The van der Waals surface area contributed by atoms with Crippen molar-refractivity contribution in [3.05, 3.63) is 46.0 Å². The maximum atomic E-state index is 8.85. The van der Waals surface area contributed by atoms with E-state index in [2.05, 4.69) is 37.0 Å². The van der Waals surface area contributed by atoms with Gasteiger partial charge in [0.05, 0.1) is 18.7 Å². The third-order valence-corrected chi connectivity index (χ3v) is 4.21. The molecule has 0 bridgehead atoms. The first-order valence-corrected chi connectivity index (χ1v) is 7.73. The van der Waals surface area contributed by atoms with E-state index in [4.69, 9.17) is 9.78 Å². The zero-order valence-electron chi connectivity index (χ0n) is 11.5. The van der Waals surface area contributed by atoms with Crippen molar-refractivity contribution in [3.8, 4) is 6.07 Å². The molecule has 1 saturated heterocycles. The molecule has 0 radical (unpaired) electrons. The van der Waals surface area contributed by atoms with Gasteiger partial charge in [0.1, 0.15) is 0 Å². The van der Waals surface area contributed by atoms with Gasteiger partial charge >= 0.3 is 0 Å². The van der Waals surface area contributed by atoms with Crippen molar-refractivity contribution < 1.29 is 4.52 Å². The van der Waals surface area contributed by atoms with Crippen molar-refractivity contribution in [1.29, 1.82) is 5.26 Å². The zero-order chi connectivity index (χ0) is 14.7. The molecule has 1 atom stereocenters. The summed E-state index contributed by atoms with van der Waals surface area (Å²) in [7, 11) is 0. The van der Waals surface area contributed by atoms with Crippen molar-refractivity contribution in [3.63, 3.8) is 0 Å². The second kappa shape index (κ2) is 6.37. The number of benzene rings is 1. The number of hydrogen-bond acceptors (Lipinski definition) is 5. The summed E-state index contributed by atoms with van der Waals surface area (Å²) in [6.07, 6.45) is 2.69. The molecule has 0 spiro atoms. The first-order valence-electron chi connectivity index (χ1n) is 6.94. The molecule has 0 aliphatic carbocycles. The van der Waals surface area contributed by atoms with Crippen LogP contribution in [0.5, 0.6) is 0 Å². The van der Waals surface area contributed by atoms with Crippen LogP contribution < -0.4 is 0 Å². The molecule has 2 aromatic rings. The fourth-order valence-electron chi connectivity index (χ4n) is 2.65. The quantitative estimate of drug-likeness (QED) is 0.795. The Kier molecular flexibility index (Phi) is 4.32. The van der Waals surface area contributed by atoms with Crippen LogP contribution in [-0.4, -0.2) is 28.1 Å². The molecule has 21 heavy (non-hydrogen) atoms. The summed E-state index contributed by atoms with van der Waals surface area (Å²) in [6.45, 7) is 1.33. The van der Waals surface area contributed by atoms with Gasteiger partial charge in [-0.3, -0.25) is 4.90 Å². The molecule has 1 aliphatic rings. The summed E-state index contributed by atoms with van der Waals surface area (Å²) in [4.78, 5) is 6.60. The lowest BCUT2D eigenvalue weighted by molar-refractivity contribution is 0.227. The Labute approximate surface area is 131 Å². The molecular weight excluding hydrogens is 332 g/mol. The Morgan fingerprint density at radius 1 is 1.38 bits per heavy atom. The smallest absolute Gasteiger partial charge is 0.244 e. The van der Waals surface area contributed by atoms with Crippen LogP contribution in [0.2, 0.25) is 0 Å². The highest BCUT2D eigenvalue weighted by atomic mass is 79.9. The van der Waals surface area contributed by atoms with Gasteiger partial charge in [0.25, 0.3) is 0 Å². The van der Waals surface area contributed by atoms with Gasteiger partial charge in [0, 0.05) is 17.4 Å². The maximum absolute atomic E-state index is 8.85. The van der Waals surface area contributed by atoms with Crippen LogP contribution in [0.1, 0.15) is 36.2 Å². The Hall–Kier alpha value is -1.71. The highest BCUT2D eigenvalue weighted by Crippen LogP contribution is 2.30. The van der Waals surface area contributed by atoms with E-state index in [9.17, 15) is 0 Å². The van der Waals surface area contributed by atoms with E-state index < -0.39 is 0 Å². The second-order valence-corrected chi connectivity index (χ2v) is 6.05. The highest BCUT2D eigenvalue weighted by molar-refractivity contribution is 9.10. The standard InChI is InChI=1S/C15H15BrN4O/c16-12-5-3-11(4-6-12)10-14-18-15(21-19-14)13-2-1-8-20(13)9-7-17/h3-6,13H,1-2,8-10H2. The van der Waals surface area contributed by atoms with Crippen molar-refractivity contribution >= 4 is 15.9 Å². The Morgan fingerprint density at radius 3 is 2.95 bits per heavy atom. The summed E-state index contributed by atoms with van der Waals surface area (Å²) in [6, 6.07) is 10.4. The molecule has 1 aromatic heterocycles. The van der Waals surface area contributed by atoms with E-state index in [1.54, 1.807) is 0 Å². The maximum Gasteiger partial charge on any atom is 0.244 e. The molecule has 0 N–H and O–H groups in total. The van der Waals surface area contributed by atoms with Gasteiger partial charge in [-0.15, -0.1) is 0 Å². The normalized spacial score (nSPS) is 18.8. The number of hydrogen-bond donors (Lipinski definition) is 0. The van der Waals surface area contributed by atoms with Gasteiger partial charge in [-0.2, -0.15) is 10.2 Å². The third-order valence-electron chi connectivity index (χ3n) is 3.68. The van der Waals surface area contributed by atoms with Crippen LogP contribution in [0.4, 0.5) is 0 Å². The molecule has 108 valence electrons. The molecule has 2 heterocycles. The summed E-state index contributed by atoms with van der Waals surface area (Å²) in [5, 5.41) is 12.9. The average molecular weight is 347 g/mol. The predicted octanol–water partition coefficient (Wildman–Crippen LogP) is 3.08. The van der Waals surface area contributed by atoms with Crippen molar-refractivity contribution in [2.24, 2.45) is 0 Å². The van der Waals surface area contributed by atoms with Crippen molar-refractivity contribution in [2.45, 2.75) is 25.3 Å². The lowest BCUT2D eigenvalue weighted by Crippen LogP contribution is -2.23. The fraction of sp³-hybridized carbons (Fsp3) is 0.400. The monoisotopic (exact) mass is 346 g/mol. The van der Waals surface area contributed by atoms with Gasteiger partial charge in [-0.25, -0.2) is 0 Å². The van der Waals surface area contributed by atoms with Crippen LogP contribution in [0, 0.1) is 11.3 Å². The molecule has 3 rings (SSSR count). The lowest BCUT2D eigenvalue weighted by Gasteiger charge is -2.17. The van der Waals surface area contributed by atoms with Crippen LogP contribution in [0.15, 0.2) is 33.3 Å². The van der Waals surface area contributed by atoms with E-state index in [-0.39, 0.29) is 6.04 Å². The number of rotatable bonds is 4. The van der Waals surface area contributed by atoms with E-state index in [1.165, 1.54) is 0 Å². The lowest BCUT2D eigenvalue weighted by atomic mass is 10.1. The molecule has 5 nitrogen and oxygen atoms in total. The first kappa shape index (κ1) is 14.2. The van der Waals surface area contributed by atoms with Crippen LogP contribution in [-0.2, 0) is 6.42 Å². The van der Waals surface area contributed by atoms with Crippen molar-refractivity contribution in [2.75, 3.05) is 13.1 Å². The SMILES string of the molecule is N#CCN1CCCC1c1nc(Cc2ccc(Br)cc2)no1. The Morgan fingerprint density at radius 2 is 2.19 bits per heavy atom. The highest BCUT2D eigenvalue weighted by Gasteiger charge is 2.30. The molecule has 1 unspecified atom stereocenters. The summed E-state index contributed by atoms with van der Waals surface area (Å²) < 4.78 is 6.45. The van der Waals surface area contributed by atoms with E-state index in [0.29, 0.717) is 24.7 Å². The summed E-state index contributed by atoms with van der Waals surface area (Å²) in [5.74, 6) is 1.32. The number of nitrogens with zero attached hydrogens (tertiary/aromatic N) is 4. The van der Waals surface area contributed by atoms with Gasteiger partial charge < -0.3 is 4.52 Å². The van der Waals surface area contributed by atoms with Crippen LogP contribution in [0.3, 0.4) is 0 Å². The van der Waals surface area contributed by atoms with Crippen LogP contribution >= 0.6 is 15.9 Å². The molecule has 0 amide bonds. The average Bonchev–Trinajstić information content (AvgIpc) is 3.11. The van der Waals surface area contributed by atoms with Crippen molar-refractivity contribution in [1.82, 2.24) is 15.0 Å². The number of nitriles is 1. The Balaban J connectivity index is 1.71. The molecule has 1 aromatic carbocycles.